The number of ether oxygens (including phenoxy) is 3. The van der Waals surface area contributed by atoms with Gasteiger partial charge in [-0.15, -0.1) is 0 Å². The number of carbonyl (C=O) groups is 1. The van der Waals surface area contributed by atoms with Crippen LogP contribution in [0, 0.1) is 0 Å². The van der Waals surface area contributed by atoms with Crippen molar-refractivity contribution in [3.8, 4) is 17.2 Å². The second kappa shape index (κ2) is 6.78. The first kappa shape index (κ1) is 13.4. The average molecular weight is 238 g/mol. The van der Waals surface area contributed by atoms with Crippen molar-refractivity contribution < 1.29 is 19.0 Å². The van der Waals surface area contributed by atoms with Crippen molar-refractivity contribution in [2.24, 2.45) is 0 Å². The molecule has 1 rings (SSSR count). The summed E-state index contributed by atoms with van der Waals surface area (Å²) in [6.07, 6.45) is 2.00. The molecule has 0 heterocycles. The van der Waals surface area contributed by atoms with Crippen molar-refractivity contribution in [1.82, 2.24) is 0 Å². The molecule has 0 aliphatic heterocycles. The summed E-state index contributed by atoms with van der Waals surface area (Å²) in [6.45, 7) is 2.48. The summed E-state index contributed by atoms with van der Waals surface area (Å²) in [6, 6.07) is 3.65. The smallest absolute Gasteiger partial charge is 0.164 e. The van der Waals surface area contributed by atoms with Crippen LogP contribution in [0.2, 0.25) is 0 Å². The molecule has 0 N–H and O–H groups in total. The van der Waals surface area contributed by atoms with E-state index in [0.717, 1.165) is 11.8 Å². The summed E-state index contributed by atoms with van der Waals surface area (Å²) >= 11 is 0. The molecule has 0 spiro atoms. The zero-order chi connectivity index (χ0) is 12.7. The first-order valence-electron chi connectivity index (χ1n) is 5.58. The molecule has 0 aliphatic carbocycles. The highest BCUT2D eigenvalue weighted by molar-refractivity contribution is 5.54. The Labute approximate surface area is 101 Å². The van der Waals surface area contributed by atoms with Crippen molar-refractivity contribution in [2.75, 3.05) is 20.8 Å². The summed E-state index contributed by atoms with van der Waals surface area (Å²) in [5.74, 6) is 2.03. The Kier molecular flexibility index (Phi) is 5.33. The van der Waals surface area contributed by atoms with Gasteiger partial charge in [-0.1, -0.05) is 0 Å². The molecule has 0 aliphatic rings. The summed E-state index contributed by atoms with van der Waals surface area (Å²) in [5.41, 5.74) is 0.948. The van der Waals surface area contributed by atoms with E-state index in [4.69, 9.17) is 14.2 Å². The van der Waals surface area contributed by atoms with Gasteiger partial charge in [0, 0.05) is 12.5 Å². The molecule has 94 valence electrons. The van der Waals surface area contributed by atoms with E-state index >= 15 is 0 Å². The van der Waals surface area contributed by atoms with Gasteiger partial charge in [-0.25, -0.2) is 0 Å². The molecule has 0 aromatic heterocycles. The van der Waals surface area contributed by atoms with Crippen LogP contribution in [0.1, 0.15) is 18.9 Å². The summed E-state index contributed by atoms with van der Waals surface area (Å²) in [5, 5.41) is 0. The van der Waals surface area contributed by atoms with Crippen LogP contribution in [0.4, 0.5) is 0 Å². The summed E-state index contributed by atoms with van der Waals surface area (Å²) in [7, 11) is 3.18. The molecule has 0 bridgehead atoms. The number of hydrogen-bond donors (Lipinski definition) is 0. The van der Waals surface area contributed by atoms with E-state index < -0.39 is 0 Å². The lowest BCUT2D eigenvalue weighted by atomic mass is 10.1. The quantitative estimate of drug-likeness (QED) is 0.683. The average Bonchev–Trinajstić information content (AvgIpc) is 2.36. The molecule has 4 heteroatoms. The molecule has 0 saturated heterocycles. The van der Waals surface area contributed by atoms with Crippen molar-refractivity contribution in [3.05, 3.63) is 17.7 Å². The maximum absolute atomic E-state index is 10.4. The van der Waals surface area contributed by atoms with Gasteiger partial charge >= 0.3 is 0 Å². The predicted octanol–water partition coefficient (Wildman–Crippen LogP) is 2.23. The third kappa shape index (κ3) is 3.37. The van der Waals surface area contributed by atoms with Gasteiger partial charge < -0.3 is 19.0 Å². The highest BCUT2D eigenvalue weighted by atomic mass is 16.5. The lowest BCUT2D eigenvalue weighted by Crippen LogP contribution is -1.99. The molecule has 0 radical (unpaired) electrons. The minimum atomic E-state index is 0.467. The van der Waals surface area contributed by atoms with E-state index in [-0.39, 0.29) is 0 Å². The van der Waals surface area contributed by atoms with Crippen molar-refractivity contribution in [3.63, 3.8) is 0 Å². The molecule has 17 heavy (non-hydrogen) atoms. The van der Waals surface area contributed by atoms with Gasteiger partial charge in [0.15, 0.2) is 11.5 Å². The normalized spacial score (nSPS) is 9.82. The zero-order valence-corrected chi connectivity index (χ0v) is 10.5. The minimum absolute atomic E-state index is 0.467. The largest absolute Gasteiger partial charge is 0.496 e. The standard InChI is InChI=1S/C13H18O4/c1-4-17-13-8-10(6-5-7-14)11(15-2)9-12(13)16-3/h7-9H,4-6H2,1-3H3. The van der Waals surface area contributed by atoms with Crippen LogP contribution in [0.25, 0.3) is 0 Å². The Hall–Kier alpha value is -1.71. The number of benzene rings is 1. The van der Waals surface area contributed by atoms with E-state index in [1.165, 1.54) is 0 Å². The molecule has 0 amide bonds. The van der Waals surface area contributed by atoms with Crippen LogP contribution in [-0.2, 0) is 11.2 Å². The van der Waals surface area contributed by atoms with E-state index in [1.807, 2.05) is 13.0 Å². The van der Waals surface area contributed by atoms with Gasteiger partial charge in [0.05, 0.1) is 20.8 Å². The first-order valence-corrected chi connectivity index (χ1v) is 5.58. The van der Waals surface area contributed by atoms with Gasteiger partial charge in [-0.3, -0.25) is 0 Å². The molecule has 4 nitrogen and oxygen atoms in total. The highest BCUT2D eigenvalue weighted by Crippen LogP contribution is 2.35. The fraction of sp³-hybridized carbons (Fsp3) is 0.462. The molecule has 1 aromatic rings. The van der Waals surface area contributed by atoms with E-state index in [2.05, 4.69) is 0 Å². The number of aryl methyl sites for hydroxylation is 1. The molecule has 0 atom stereocenters. The number of hydrogen-bond acceptors (Lipinski definition) is 4. The second-order valence-electron chi connectivity index (χ2n) is 3.45. The molecular formula is C13H18O4. The third-order valence-corrected chi connectivity index (χ3v) is 2.40. The maximum Gasteiger partial charge on any atom is 0.164 e. The van der Waals surface area contributed by atoms with Gasteiger partial charge in [0.1, 0.15) is 12.0 Å². The van der Waals surface area contributed by atoms with Crippen LogP contribution in [0.15, 0.2) is 12.1 Å². The zero-order valence-electron chi connectivity index (χ0n) is 10.5. The van der Waals surface area contributed by atoms with Gasteiger partial charge in [0.2, 0.25) is 0 Å². The molecule has 0 saturated carbocycles. The Morgan fingerprint density at radius 1 is 1.12 bits per heavy atom. The van der Waals surface area contributed by atoms with Crippen LogP contribution in [0.3, 0.4) is 0 Å². The number of carbonyl (C=O) groups excluding carboxylic acids is 1. The molecular weight excluding hydrogens is 220 g/mol. The number of aldehydes is 1. The van der Waals surface area contributed by atoms with Crippen molar-refractivity contribution >= 4 is 6.29 Å². The SMILES string of the molecule is CCOc1cc(CCC=O)c(OC)cc1OC. The van der Waals surface area contributed by atoms with Gasteiger partial charge in [-0.05, 0) is 25.0 Å². The monoisotopic (exact) mass is 238 g/mol. The fourth-order valence-corrected chi connectivity index (χ4v) is 1.61. The Balaban J connectivity index is 3.08. The third-order valence-electron chi connectivity index (χ3n) is 2.40. The van der Waals surface area contributed by atoms with Gasteiger partial charge in [-0.2, -0.15) is 0 Å². The van der Waals surface area contributed by atoms with E-state index in [1.54, 1.807) is 20.3 Å². The predicted molar refractivity (Wildman–Crippen MR) is 65.1 cm³/mol. The van der Waals surface area contributed by atoms with Crippen molar-refractivity contribution in [2.45, 2.75) is 19.8 Å². The van der Waals surface area contributed by atoms with Crippen LogP contribution >= 0.6 is 0 Å². The maximum atomic E-state index is 10.4. The summed E-state index contributed by atoms with van der Waals surface area (Å²) in [4.78, 5) is 10.4. The molecule has 0 fully saturated rings. The number of methoxy groups -OCH3 is 2. The lowest BCUT2D eigenvalue weighted by molar-refractivity contribution is -0.107. The Bertz CT molecular complexity index is 374. The number of rotatable bonds is 7. The Morgan fingerprint density at radius 2 is 1.82 bits per heavy atom. The molecule has 0 unspecified atom stereocenters. The second-order valence-corrected chi connectivity index (χ2v) is 3.45. The Morgan fingerprint density at radius 3 is 2.35 bits per heavy atom. The van der Waals surface area contributed by atoms with Crippen LogP contribution < -0.4 is 14.2 Å². The van der Waals surface area contributed by atoms with Gasteiger partial charge in [0.25, 0.3) is 0 Å². The van der Waals surface area contributed by atoms with Crippen LogP contribution in [-0.4, -0.2) is 27.1 Å². The van der Waals surface area contributed by atoms with E-state index in [9.17, 15) is 4.79 Å². The summed E-state index contributed by atoms with van der Waals surface area (Å²) < 4.78 is 16.0. The first-order chi connectivity index (χ1) is 8.26. The van der Waals surface area contributed by atoms with Crippen molar-refractivity contribution in [1.29, 1.82) is 0 Å². The van der Waals surface area contributed by atoms with Crippen LogP contribution in [0.5, 0.6) is 17.2 Å². The topological polar surface area (TPSA) is 44.8 Å². The fourth-order valence-electron chi connectivity index (χ4n) is 1.61. The van der Waals surface area contributed by atoms with E-state index in [0.29, 0.717) is 36.7 Å². The lowest BCUT2D eigenvalue weighted by Gasteiger charge is -2.14. The highest BCUT2D eigenvalue weighted by Gasteiger charge is 2.11. The minimum Gasteiger partial charge on any atom is -0.496 e. The molecule has 1 aromatic carbocycles.